The molecule has 136 valence electrons. The van der Waals surface area contributed by atoms with Crippen molar-refractivity contribution in [2.45, 2.75) is 33.3 Å². The van der Waals surface area contributed by atoms with Crippen molar-refractivity contribution in [3.63, 3.8) is 0 Å². The van der Waals surface area contributed by atoms with Crippen LogP contribution in [0.25, 0.3) is 0 Å². The van der Waals surface area contributed by atoms with E-state index in [-0.39, 0.29) is 12.4 Å². The van der Waals surface area contributed by atoms with Crippen LogP contribution in [0.4, 0.5) is 4.79 Å². The molecule has 7 heteroatoms. The van der Waals surface area contributed by atoms with Gasteiger partial charge in [0, 0.05) is 4.47 Å². The van der Waals surface area contributed by atoms with E-state index in [2.05, 4.69) is 21.2 Å². The second-order valence-corrected chi connectivity index (χ2v) is 6.64. The lowest BCUT2D eigenvalue weighted by molar-refractivity contribution is 0.0515. The highest BCUT2D eigenvalue weighted by Crippen LogP contribution is 2.16. The number of halogens is 1. The third-order valence-electron chi connectivity index (χ3n) is 2.17. The van der Waals surface area contributed by atoms with Crippen LogP contribution < -0.4 is 10.1 Å². The maximum absolute atomic E-state index is 11.1. The highest BCUT2D eigenvalue weighted by molar-refractivity contribution is 9.10. The van der Waals surface area contributed by atoms with Crippen LogP contribution in [-0.4, -0.2) is 37.1 Å². The van der Waals surface area contributed by atoms with Gasteiger partial charge in [0.25, 0.3) is 0 Å². The molecule has 0 aliphatic heterocycles. The summed E-state index contributed by atoms with van der Waals surface area (Å²) in [5.74, 6) is 0.969. The first-order valence-corrected chi connectivity index (χ1v) is 8.17. The number of carbonyl (C=O) groups is 1. The fourth-order valence-corrected chi connectivity index (χ4v) is 1.68. The standard InChI is InChI=1S/C10H19NO4.C7H7BrO/c1-8(12)7-14-6-5-11-9(13)15-10(2,3)4;1-9-7-4-2-3-6(8)5-7/h7,12H,5-6H2,1-4H3,(H,11,13);2-5H,1H3/b8-7+;. The van der Waals surface area contributed by atoms with Crippen LogP contribution in [0.15, 0.2) is 40.8 Å². The average molecular weight is 404 g/mol. The summed E-state index contributed by atoms with van der Waals surface area (Å²) in [6.07, 6.45) is 0.743. The van der Waals surface area contributed by atoms with E-state index in [9.17, 15) is 4.79 Å². The van der Waals surface area contributed by atoms with Gasteiger partial charge < -0.3 is 24.6 Å². The van der Waals surface area contributed by atoms with E-state index in [0.29, 0.717) is 6.54 Å². The maximum Gasteiger partial charge on any atom is 0.407 e. The summed E-state index contributed by atoms with van der Waals surface area (Å²) in [6.45, 7) is 7.50. The second kappa shape index (κ2) is 11.6. The Morgan fingerprint density at radius 1 is 1.38 bits per heavy atom. The molecule has 1 aromatic carbocycles. The first-order chi connectivity index (χ1) is 11.1. The van der Waals surface area contributed by atoms with Crippen molar-refractivity contribution in [1.82, 2.24) is 5.32 Å². The van der Waals surface area contributed by atoms with Gasteiger partial charge in [0.1, 0.15) is 30.0 Å². The van der Waals surface area contributed by atoms with E-state index in [1.807, 2.05) is 24.3 Å². The number of carbonyl (C=O) groups excluding carboxylic acids is 1. The molecule has 0 saturated carbocycles. The molecular formula is C17H26BrNO5. The molecule has 1 amide bonds. The molecule has 0 aliphatic rings. The quantitative estimate of drug-likeness (QED) is 0.562. The molecule has 0 radical (unpaired) electrons. The van der Waals surface area contributed by atoms with Crippen LogP contribution in [0.1, 0.15) is 27.7 Å². The lowest BCUT2D eigenvalue weighted by Gasteiger charge is -2.19. The zero-order valence-electron chi connectivity index (χ0n) is 14.8. The number of allylic oxidation sites excluding steroid dienone is 1. The van der Waals surface area contributed by atoms with Gasteiger partial charge in [-0.25, -0.2) is 4.79 Å². The predicted molar refractivity (Wildman–Crippen MR) is 97.3 cm³/mol. The number of hydrogen-bond donors (Lipinski definition) is 2. The average Bonchev–Trinajstić information content (AvgIpc) is 2.45. The second-order valence-electron chi connectivity index (χ2n) is 5.72. The van der Waals surface area contributed by atoms with Crippen LogP contribution >= 0.6 is 15.9 Å². The normalized spacial score (nSPS) is 11.0. The largest absolute Gasteiger partial charge is 0.509 e. The summed E-state index contributed by atoms with van der Waals surface area (Å²) in [5.41, 5.74) is -0.494. The summed E-state index contributed by atoms with van der Waals surface area (Å²) >= 11 is 3.32. The molecule has 0 aromatic heterocycles. The first kappa shape index (κ1) is 22.1. The zero-order valence-corrected chi connectivity index (χ0v) is 16.3. The lowest BCUT2D eigenvalue weighted by Crippen LogP contribution is -2.34. The molecule has 1 aromatic rings. The molecule has 0 saturated heterocycles. The number of methoxy groups -OCH3 is 1. The van der Waals surface area contributed by atoms with E-state index in [0.717, 1.165) is 10.2 Å². The number of ether oxygens (including phenoxy) is 3. The molecule has 0 atom stereocenters. The molecule has 2 N–H and O–H groups in total. The van der Waals surface area contributed by atoms with Gasteiger partial charge in [0.05, 0.1) is 13.7 Å². The van der Waals surface area contributed by atoms with Gasteiger partial charge in [-0.2, -0.15) is 0 Å². The number of hydrogen-bond acceptors (Lipinski definition) is 5. The van der Waals surface area contributed by atoms with Crippen LogP contribution in [0.2, 0.25) is 0 Å². The Balaban J connectivity index is 0.000000496. The summed E-state index contributed by atoms with van der Waals surface area (Å²) in [6, 6.07) is 7.72. The predicted octanol–water partition coefficient (Wildman–Crippen LogP) is 4.40. The maximum atomic E-state index is 11.1. The molecule has 0 bridgehead atoms. The van der Waals surface area contributed by atoms with Crippen molar-refractivity contribution in [3.8, 4) is 5.75 Å². The third-order valence-corrected chi connectivity index (χ3v) is 2.67. The number of benzene rings is 1. The monoisotopic (exact) mass is 403 g/mol. The number of aliphatic hydroxyl groups is 1. The summed E-state index contributed by atoms with van der Waals surface area (Å²) in [4.78, 5) is 11.1. The fraction of sp³-hybridized carbons (Fsp3) is 0.471. The van der Waals surface area contributed by atoms with Crippen molar-refractivity contribution in [3.05, 3.63) is 40.8 Å². The number of rotatable bonds is 5. The van der Waals surface area contributed by atoms with E-state index in [1.54, 1.807) is 27.9 Å². The molecule has 0 heterocycles. The smallest absolute Gasteiger partial charge is 0.407 e. The first-order valence-electron chi connectivity index (χ1n) is 7.38. The minimum Gasteiger partial charge on any atom is -0.509 e. The summed E-state index contributed by atoms with van der Waals surface area (Å²) in [5, 5.41) is 11.3. The van der Waals surface area contributed by atoms with Gasteiger partial charge in [0.15, 0.2) is 0 Å². The molecule has 24 heavy (non-hydrogen) atoms. The zero-order chi connectivity index (χ0) is 18.6. The van der Waals surface area contributed by atoms with Crippen molar-refractivity contribution in [2.75, 3.05) is 20.3 Å². The number of amides is 1. The van der Waals surface area contributed by atoms with Crippen molar-refractivity contribution in [2.24, 2.45) is 0 Å². The Bertz CT molecular complexity index is 522. The van der Waals surface area contributed by atoms with Gasteiger partial charge in [-0.05, 0) is 45.9 Å². The number of aliphatic hydroxyl groups excluding tert-OH is 1. The van der Waals surface area contributed by atoms with E-state index in [4.69, 9.17) is 19.3 Å². The van der Waals surface area contributed by atoms with Gasteiger partial charge in [-0.3, -0.25) is 0 Å². The SMILES string of the molecule is C/C(O)=C\OCCNC(=O)OC(C)(C)C.COc1cccc(Br)c1. The van der Waals surface area contributed by atoms with Crippen LogP contribution in [0, 0.1) is 0 Å². The fourth-order valence-electron chi connectivity index (χ4n) is 1.30. The van der Waals surface area contributed by atoms with Gasteiger partial charge >= 0.3 is 6.09 Å². The minimum atomic E-state index is -0.494. The number of nitrogens with one attached hydrogen (secondary N) is 1. The van der Waals surface area contributed by atoms with E-state index in [1.165, 1.54) is 13.2 Å². The molecule has 6 nitrogen and oxygen atoms in total. The molecule has 0 unspecified atom stereocenters. The van der Waals surface area contributed by atoms with Crippen LogP contribution in [0.3, 0.4) is 0 Å². The van der Waals surface area contributed by atoms with Gasteiger partial charge in [-0.1, -0.05) is 22.0 Å². The molecule has 0 spiro atoms. The Labute approximate surface area is 151 Å². The molecule has 1 rings (SSSR count). The summed E-state index contributed by atoms with van der Waals surface area (Å²) in [7, 11) is 1.65. The third kappa shape index (κ3) is 13.8. The summed E-state index contributed by atoms with van der Waals surface area (Å²) < 4.78 is 15.9. The molecule has 0 aliphatic carbocycles. The molecule has 0 fully saturated rings. The van der Waals surface area contributed by atoms with Gasteiger partial charge in [-0.15, -0.1) is 0 Å². The Morgan fingerprint density at radius 2 is 2.04 bits per heavy atom. The minimum absolute atomic E-state index is 0.0901. The van der Waals surface area contributed by atoms with Crippen molar-refractivity contribution < 1.29 is 24.1 Å². The lowest BCUT2D eigenvalue weighted by atomic mass is 10.2. The Hall–Kier alpha value is -1.89. The Morgan fingerprint density at radius 3 is 2.50 bits per heavy atom. The topological polar surface area (TPSA) is 77.0 Å². The van der Waals surface area contributed by atoms with Crippen molar-refractivity contribution >= 4 is 22.0 Å². The van der Waals surface area contributed by atoms with Crippen LogP contribution in [0.5, 0.6) is 5.75 Å². The molecular weight excluding hydrogens is 378 g/mol. The highest BCUT2D eigenvalue weighted by Gasteiger charge is 2.15. The van der Waals surface area contributed by atoms with Crippen LogP contribution in [-0.2, 0) is 9.47 Å². The highest BCUT2D eigenvalue weighted by atomic mass is 79.9. The van der Waals surface area contributed by atoms with E-state index < -0.39 is 11.7 Å². The van der Waals surface area contributed by atoms with Gasteiger partial charge in [0.2, 0.25) is 0 Å². The van der Waals surface area contributed by atoms with Crippen molar-refractivity contribution in [1.29, 1.82) is 0 Å². The Kier molecular flexibility index (Phi) is 10.7. The van der Waals surface area contributed by atoms with E-state index >= 15 is 0 Å². The number of alkyl carbamates (subject to hydrolysis) is 1.